The van der Waals surface area contributed by atoms with Gasteiger partial charge in [-0.15, -0.1) is 0 Å². The van der Waals surface area contributed by atoms with Crippen LogP contribution in [0.15, 0.2) is 46.8 Å². The van der Waals surface area contributed by atoms with Gasteiger partial charge in [0.15, 0.2) is 5.78 Å². The van der Waals surface area contributed by atoms with Gasteiger partial charge in [0.25, 0.3) is 5.91 Å². The molecule has 0 spiro atoms. The zero-order chi connectivity index (χ0) is 23.3. The Morgan fingerprint density at radius 1 is 1.06 bits per heavy atom. The molecule has 32 heavy (non-hydrogen) atoms. The zero-order valence-corrected chi connectivity index (χ0v) is 18.7. The van der Waals surface area contributed by atoms with E-state index in [1.54, 1.807) is 0 Å². The lowest BCUT2D eigenvalue weighted by Gasteiger charge is -2.41. The van der Waals surface area contributed by atoms with Gasteiger partial charge < -0.3 is 10.2 Å². The molecular weight excluding hydrogens is 417 g/mol. The minimum atomic E-state index is -4.44. The Morgan fingerprint density at radius 2 is 1.69 bits per heavy atom. The molecule has 1 N–H and O–H groups in total. The van der Waals surface area contributed by atoms with Gasteiger partial charge in [-0.3, -0.25) is 9.59 Å². The van der Waals surface area contributed by atoms with Crippen LogP contribution in [0.2, 0.25) is 0 Å². The summed E-state index contributed by atoms with van der Waals surface area (Å²) < 4.78 is 39.4. The summed E-state index contributed by atoms with van der Waals surface area (Å²) in [6, 6.07) is 4.89. The number of amides is 1. The number of rotatable bonds is 2. The molecule has 1 aliphatic carbocycles. The fourth-order valence-electron chi connectivity index (χ4n) is 5.18. The number of carbonyl (C=O) groups is 2. The van der Waals surface area contributed by atoms with Gasteiger partial charge in [-0.2, -0.15) is 13.2 Å². The van der Waals surface area contributed by atoms with Gasteiger partial charge >= 0.3 is 6.18 Å². The molecule has 7 heteroatoms. The summed E-state index contributed by atoms with van der Waals surface area (Å²) in [4.78, 5) is 28.7. The Morgan fingerprint density at radius 3 is 2.28 bits per heavy atom. The van der Waals surface area contributed by atoms with Crippen LogP contribution in [0.4, 0.5) is 13.2 Å². The lowest BCUT2D eigenvalue weighted by Crippen LogP contribution is -2.43. The first-order chi connectivity index (χ1) is 15.0. The number of dihydropyridines is 1. The molecule has 1 aromatic carbocycles. The number of nitrogens with zero attached hydrogens (tertiary/aromatic N) is 1. The summed E-state index contributed by atoms with van der Waals surface area (Å²) in [7, 11) is 0. The summed E-state index contributed by atoms with van der Waals surface area (Å²) in [5.74, 6) is -0.847. The first kappa shape index (κ1) is 22.6. The quantitative estimate of drug-likeness (QED) is 0.669. The normalized spacial score (nSPS) is 23.8. The van der Waals surface area contributed by atoms with Crippen LogP contribution in [0.3, 0.4) is 0 Å². The average molecular weight is 447 g/mol. The average Bonchev–Trinajstić information content (AvgIpc) is 2.71. The smallest absolute Gasteiger partial charge is 0.362 e. The van der Waals surface area contributed by atoms with Gasteiger partial charge in [0.1, 0.15) is 0 Å². The van der Waals surface area contributed by atoms with Crippen molar-refractivity contribution in [1.29, 1.82) is 0 Å². The van der Waals surface area contributed by atoms with Gasteiger partial charge in [0.2, 0.25) is 0 Å². The van der Waals surface area contributed by atoms with E-state index in [0.29, 0.717) is 48.3 Å². The Bertz CT molecular complexity index is 997. The predicted molar refractivity (Wildman–Crippen MR) is 115 cm³/mol. The van der Waals surface area contributed by atoms with Crippen molar-refractivity contribution in [3.8, 4) is 0 Å². The first-order valence-electron chi connectivity index (χ1n) is 11.2. The molecule has 0 saturated carbocycles. The van der Waals surface area contributed by atoms with E-state index in [4.69, 9.17) is 0 Å². The molecule has 2 aliphatic heterocycles. The first-order valence-corrected chi connectivity index (χ1v) is 11.2. The molecule has 0 radical (unpaired) electrons. The topological polar surface area (TPSA) is 49.4 Å². The SMILES string of the molecule is CC1=C(C(=O)N2CCCCC2)[C@H](c2ccc(C(F)(F)F)cc2)C2=C(CC(C)(C)CC2=O)N1. The van der Waals surface area contributed by atoms with Gasteiger partial charge in [-0.25, -0.2) is 0 Å². The second-order valence-electron chi connectivity index (χ2n) is 9.90. The monoisotopic (exact) mass is 446 g/mol. The predicted octanol–water partition coefficient (Wildman–Crippen LogP) is 5.32. The van der Waals surface area contributed by atoms with Crippen LogP contribution in [-0.2, 0) is 15.8 Å². The fraction of sp³-hybridized carbons (Fsp3) is 0.520. The molecule has 3 aliphatic rings. The molecule has 2 heterocycles. The van der Waals surface area contributed by atoms with Crippen molar-refractivity contribution in [2.75, 3.05) is 13.1 Å². The van der Waals surface area contributed by atoms with Crippen molar-refractivity contribution < 1.29 is 22.8 Å². The minimum absolute atomic E-state index is 0.0508. The summed E-state index contributed by atoms with van der Waals surface area (Å²) in [6.45, 7) is 7.18. The zero-order valence-electron chi connectivity index (χ0n) is 18.7. The van der Waals surface area contributed by atoms with E-state index in [1.165, 1.54) is 12.1 Å². The third-order valence-corrected chi connectivity index (χ3v) is 6.68. The number of alkyl halides is 3. The molecule has 1 saturated heterocycles. The number of halogens is 3. The molecule has 1 fully saturated rings. The van der Waals surface area contributed by atoms with Crippen LogP contribution >= 0.6 is 0 Å². The van der Waals surface area contributed by atoms with Crippen LogP contribution < -0.4 is 5.32 Å². The summed E-state index contributed by atoms with van der Waals surface area (Å²) >= 11 is 0. The number of benzene rings is 1. The Hall–Kier alpha value is -2.57. The highest BCUT2D eigenvalue weighted by Gasteiger charge is 2.43. The van der Waals surface area contributed by atoms with Crippen molar-refractivity contribution in [1.82, 2.24) is 10.2 Å². The van der Waals surface area contributed by atoms with Crippen LogP contribution in [0.5, 0.6) is 0 Å². The van der Waals surface area contributed by atoms with E-state index in [-0.39, 0.29) is 17.1 Å². The van der Waals surface area contributed by atoms with Crippen molar-refractivity contribution in [2.45, 2.75) is 65.0 Å². The highest BCUT2D eigenvalue weighted by atomic mass is 19.4. The van der Waals surface area contributed by atoms with E-state index >= 15 is 0 Å². The molecule has 0 aromatic heterocycles. The van der Waals surface area contributed by atoms with Crippen LogP contribution in [0, 0.1) is 5.41 Å². The second kappa shape index (κ2) is 8.09. The largest absolute Gasteiger partial charge is 0.416 e. The number of allylic oxidation sites excluding steroid dienone is 3. The molecule has 172 valence electrons. The van der Waals surface area contributed by atoms with Crippen molar-refractivity contribution in [2.24, 2.45) is 5.41 Å². The fourth-order valence-corrected chi connectivity index (χ4v) is 5.18. The Kier molecular flexibility index (Phi) is 5.72. The number of carbonyl (C=O) groups excluding carboxylic acids is 2. The summed E-state index contributed by atoms with van der Waals surface area (Å²) in [5.41, 5.74) is 2.03. The van der Waals surface area contributed by atoms with E-state index < -0.39 is 17.7 Å². The highest BCUT2D eigenvalue weighted by Crippen LogP contribution is 2.47. The third-order valence-electron chi connectivity index (χ3n) is 6.68. The van der Waals surface area contributed by atoms with Gasteiger partial charge in [0.05, 0.1) is 5.56 Å². The molecule has 1 amide bonds. The van der Waals surface area contributed by atoms with Gasteiger partial charge in [0, 0.05) is 48.0 Å². The van der Waals surface area contributed by atoms with Crippen molar-refractivity contribution in [3.63, 3.8) is 0 Å². The van der Waals surface area contributed by atoms with Crippen LogP contribution in [0.25, 0.3) is 0 Å². The number of ketones is 1. The third kappa shape index (κ3) is 4.21. The van der Waals surface area contributed by atoms with Crippen molar-refractivity contribution >= 4 is 11.7 Å². The number of nitrogens with one attached hydrogen (secondary N) is 1. The van der Waals surface area contributed by atoms with E-state index in [9.17, 15) is 22.8 Å². The van der Waals surface area contributed by atoms with E-state index in [2.05, 4.69) is 5.32 Å². The standard InChI is InChI=1S/C25H29F3N2O2/c1-15-20(23(32)30-11-5-4-6-12-30)21(16-7-9-17(10-8-16)25(26,27)28)22-18(29-15)13-24(2,3)14-19(22)31/h7-10,21,29H,4-6,11-14H2,1-3H3/t21-/m0/s1. The second-order valence-corrected chi connectivity index (χ2v) is 9.90. The maximum Gasteiger partial charge on any atom is 0.416 e. The molecule has 1 atom stereocenters. The number of hydrogen-bond acceptors (Lipinski definition) is 3. The highest BCUT2D eigenvalue weighted by molar-refractivity contribution is 6.05. The maximum absolute atomic E-state index is 13.6. The molecule has 0 bridgehead atoms. The number of piperidine rings is 1. The lowest BCUT2D eigenvalue weighted by atomic mass is 9.68. The number of Topliss-reactive ketones (excluding diaryl/α,β-unsaturated/α-hetero) is 1. The molecular formula is C25H29F3N2O2. The van der Waals surface area contributed by atoms with Gasteiger partial charge in [-0.1, -0.05) is 26.0 Å². The minimum Gasteiger partial charge on any atom is -0.362 e. The van der Waals surface area contributed by atoms with E-state index in [0.717, 1.165) is 37.1 Å². The lowest BCUT2D eigenvalue weighted by molar-refractivity contribution is -0.137. The summed E-state index contributed by atoms with van der Waals surface area (Å²) in [5, 5.41) is 3.32. The van der Waals surface area contributed by atoms with Crippen molar-refractivity contribution in [3.05, 3.63) is 57.9 Å². The van der Waals surface area contributed by atoms with Gasteiger partial charge in [-0.05, 0) is 55.7 Å². The molecule has 4 rings (SSSR count). The number of hydrogen-bond donors (Lipinski definition) is 1. The Balaban J connectivity index is 1.82. The summed E-state index contributed by atoms with van der Waals surface area (Å²) in [6.07, 6.45) is -0.525. The molecule has 0 unspecified atom stereocenters. The Labute approximate surface area is 186 Å². The maximum atomic E-state index is 13.6. The van der Waals surface area contributed by atoms with Crippen LogP contribution in [0.1, 0.15) is 69.9 Å². The molecule has 1 aromatic rings. The molecule has 4 nitrogen and oxygen atoms in total. The number of likely N-dealkylation sites (tertiary alicyclic amines) is 1. The van der Waals surface area contributed by atoms with E-state index in [1.807, 2.05) is 25.7 Å². The van der Waals surface area contributed by atoms with Crippen LogP contribution in [-0.4, -0.2) is 29.7 Å².